The highest BCUT2D eigenvalue weighted by Crippen LogP contribution is 2.15. The van der Waals surface area contributed by atoms with Crippen LogP contribution in [-0.4, -0.2) is 21.2 Å². The lowest BCUT2D eigenvalue weighted by atomic mass is 10.0. The van der Waals surface area contributed by atoms with Crippen molar-refractivity contribution in [3.63, 3.8) is 0 Å². The minimum absolute atomic E-state index is 0.373. The van der Waals surface area contributed by atoms with Crippen molar-refractivity contribution >= 4 is 0 Å². The van der Waals surface area contributed by atoms with E-state index in [4.69, 9.17) is 4.74 Å². The van der Waals surface area contributed by atoms with Gasteiger partial charge in [-0.1, -0.05) is 12.2 Å². The molecule has 82 valence electrons. The summed E-state index contributed by atoms with van der Waals surface area (Å²) in [5.74, 6) is 0.442. The van der Waals surface area contributed by atoms with Crippen LogP contribution in [-0.2, 0) is 0 Å². The molecular formula is C10H9N3O3. The Labute approximate surface area is 91.1 Å². The number of nitrogens with zero attached hydrogens (tertiary/aromatic N) is 2. The van der Waals surface area contributed by atoms with E-state index >= 15 is 0 Å². The van der Waals surface area contributed by atoms with E-state index in [1.165, 1.54) is 18.5 Å². The molecule has 0 aliphatic heterocycles. The second-order valence-electron chi connectivity index (χ2n) is 3.13. The molecule has 0 saturated carbocycles. The van der Waals surface area contributed by atoms with Gasteiger partial charge >= 0.3 is 0 Å². The first-order chi connectivity index (χ1) is 7.77. The molecule has 6 heteroatoms. The zero-order chi connectivity index (χ0) is 11.4. The van der Waals surface area contributed by atoms with Crippen LogP contribution in [0.2, 0.25) is 0 Å². The second kappa shape index (κ2) is 4.43. The highest BCUT2D eigenvalue weighted by atomic mass is 16.6. The second-order valence-corrected chi connectivity index (χ2v) is 3.13. The molecule has 1 atom stereocenters. The summed E-state index contributed by atoms with van der Waals surface area (Å²) >= 11 is 0. The number of hydrogen-bond acceptors (Lipinski definition) is 4. The third-order valence-electron chi connectivity index (χ3n) is 2.06. The topological polar surface area (TPSA) is 81.1 Å². The lowest BCUT2D eigenvalue weighted by Gasteiger charge is -2.08. The molecule has 0 bridgehead atoms. The van der Waals surface area contributed by atoms with Gasteiger partial charge in [0.15, 0.2) is 0 Å². The molecule has 1 aliphatic carbocycles. The van der Waals surface area contributed by atoms with Gasteiger partial charge in [-0.25, -0.2) is 5.10 Å². The first-order valence-corrected chi connectivity index (χ1v) is 4.62. The minimum atomic E-state index is -0.854. The summed E-state index contributed by atoms with van der Waals surface area (Å²) < 4.78 is 5.20. The summed E-state index contributed by atoms with van der Waals surface area (Å²) in [6, 6.07) is 0.772. The van der Waals surface area contributed by atoms with Crippen LogP contribution in [0.15, 0.2) is 48.4 Å². The van der Waals surface area contributed by atoms with E-state index in [1.807, 2.05) is 0 Å². The average Bonchev–Trinajstić information content (AvgIpc) is 2.79. The molecule has 1 N–H and O–H groups in total. The maximum Gasteiger partial charge on any atom is 0.259 e. The molecule has 0 aromatic carbocycles. The fourth-order valence-electron chi connectivity index (χ4n) is 1.29. The summed E-state index contributed by atoms with van der Waals surface area (Å²) in [5.41, 5.74) is 0.488. The Balaban J connectivity index is 2.12. The molecule has 0 fully saturated rings. The van der Waals surface area contributed by atoms with Crippen LogP contribution in [0.1, 0.15) is 0 Å². The number of ether oxygens (including phenoxy) is 1. The number of hydrogen-bond donors (Lipinski definition) is 1. The van der Waals surface area contributed by atoms with Gasteiger partial charge in [0.25, 0.3) is 6.04 Å². The Hall–Kier alpha value is -2.37. The molecule has 16 heavy (non-hydrogen) atoms. The van der Waals surface area contributed by atoms with Crippen molar-refractivity contribution in [2.75, 3.05) is 0 Å². The van der Waals surface area contributed by atoms with E-state index in [0.717, 1.165) is 0 Å². The van der Waals surface area contributed by atoms with Crippen molar-refractivity contribution in [1.29, 1.82) is 0 Å². The SMILES string of the molecule is O=[N+]([O-])C1C=CC=C/C1=C/Oc1ccn[nH]1. The number of aromatic nitrogens is 2. The predicted octanol–water partition coefficient (Wildman–Crippen LogP) is 1.44. The van der Waals surface area contributed by atoms with Crippen molar-refractivity contribution < 1.29 is 9.66 Å². The van der Waals surface area contributed by atoms with Gasteiger partial charge in [0.05, 0.1) is 11.8 Å². The van der Waals surface area contributed by atoms with Crippen molar-refractivity contribution in [2.45, 2.75) is 6.04 Å². The average molecular weight is 219 g/mol. The molecule has 2 rings (SSSR count). The van der Waals surface area contributed by atoms with E-state index in [9.17, 15) is 10.1 Å². The van der Waals surface area contributed by atoms with Gasteiger partial charge in [0.1, 0.15) is 6.26 Å². The molecule has 0 amide bonds. The van der Waals surface area contributed by atoms with E-state index in [0.29, 0.717) is 11.5 Å². The lowest BCUT2D eigenvalue weighted by molar-refractivity contribution is -0.498. The van der Waals surface area contributed by atoms with Gasteiger partial charge in [0, 0.05) is 11.0 Å². The van der Waals surface area contributed by atoms with E-state index < -0.39 is 6.04 Å². The Kier molecular flexibility index (Phi) is 2.81. The maximum absolute atomic E-state index is 10.7. The van der Waals surface area contributed by atoms with E-state index in [2.05, 4.69) is 10.2 Å². The number of rotatable bonds is 3. The normalized spacial score (nSPS) is 21.2. The monoisotopic (exact) mass is 219 g/mol. The Morgan fingerprint density at radius 2 is 2.44 bits per heavy atom. The standard InChI is InChI=1S/C10H9N3O3/c14-13(15)9-4-2-1-3-8(9)7-16-10-5-6-11-12-10/h1-7,9H,(H,11,12)/b8-7-. The highest BCUT2D eigenvalue weighted by molar-refractivity contribution is 5.33. The van der Waals surface area contributed by atoms with Gasteiger partial charge in [-0.15, -0.1) is 0 Å². The van der Waals surface area contributed by atoms with Crippen LogP contribution in [0.4, 0.5) is 0 Å². The smallest absolute Gasteiger partial charge is 0.259 e. The molecule has 0 spiro atoms. The Morgan fingerprint density at radius 3 is 3.12 bits per heavy atom. The summed E-state index contributed by atoms with van der Waals surface area (Å²) in [6.45, 7) is 0. The molecule has 1 aromatic rings. The van der Waals surface area contributed by atoms with Crippen LogP contribution in [0, 0.1) is 10.1 Å². The van der Waals surface area contributed by atoms with E-state index in [1.54, 1.807) is 24.3 Å². The number of nitrogens with one attached hydrogen (secondary N) is 1. The number of aromatic amines is 1. The van der Waals surface area contributed by atoms with Gasteiger partial charge in [0.2, 0.25) is 5.88 Å². The molecule has 6 nitrogen and oxygen atoms in total. The molecule has 1 unspecified atom stereocenters. The predicted molar refractivity (Wildman–Crippen MR) is 56.4 cm³/mol. The Bertz CT molecular complexity index is 460. The zero-order valence-electron chi connectivity index (χ0n) is 8.24. The maximum atomic E-state index is 10.7. The molecular weight excluding hydrogens is 210 g/mol. The third-order valence-corrected chi connectivity index (χ3v) is 2.06. The molecule has 1 heterocycles. The minimum Gasteiger partial charge on any atom is -0.447 e. The van der Waals surface area contributed by atoms with Crippen LogP contribution >= 0.6 is 0 Å². The lowest BCUT2D eigenvalue weighted by Crippen LogP contribution is -2.20. The van der Waals surface area contributed by atoms with Crippen molar-refractivity contribution in [3.8, 4) is 5.88 Å². The molecule has 0 radical (unpaired) electrons. The van der Waals surface area contributed by atoms with E-state index in [-0.39, 0.29) is 4.92 Å². The van der Waals surface area contributed by atoms with Gasteiger partial charge in [-0.2, -0.15) is 5.10 Å². The van der Waals surface area contributed by atoms with Crippen LogP contribution in [0.5, 0.6) is 5.88 Å². The highest BCUT2D eigenvalue weighted by Gasteiger charge is 2.22. The van der Waals surface area contributed by atoms with Crippen molar-refractivity contribution in [3.05, 3.63) is 58.5 Å². The molecule has 0 saturated heterocycles. The summed E-state index contributed by atoms with van der Waals surface area (Å²) in [4.78, 5) is 10.4. The quantitative estimate of drug-likeness (QED) is 0.474. The van der Waals surface area contributed by atoms with Gasteiger partial charge in [-0.05, 0) is 12.2 Å². The van der Waals surface area contributed by atoms with Crippen LogP contribution in [0.3, 0.4) is 0 Å². The molecule has 1 aliphatic rings. The van der Waals surface area contributed by atoms with Crippen molar-refractivity contribution in [1.82, 2.24) is 10.2 Å². The van der Waals surface area contributed by atoms with Crippen molar-refractivity contribution in [2.24, 2.45) is 0 Å². The number of allylic oxidation sites excluding steroid dienone is 2. The number of H-pyrrole nitrogens is 1. The van der Waals surface area contributed by atoms with Gasteiger partial charge < -0.3 is 4.74 Å². The summed E-state index contributed by atoms with van der Waals surface area (Å²) in [5, 5.41) is 17.0. The third kappa shape index (κ3) is 2.17. The summed E-state index contributed by atoms with van der Waals surface area (Å²) in [7, 11) is 0. The first kappa shape index (κ1) is 10.2. The fraction of sp³-hybridized carbons (Fsp3) is 0.100. The largest absolute Gasteiger partial charge is 0.447 e. The first-order valence-electron chi connectivity index (χ1n) is 4.62. The Morgan fingerprint density at radius 1 is 1.56 bits per heavy atom. The number of nitro groups is 1. The zero-order valence-corrected chi connectivity index (χ0v) is 8.24. The molecule has 1 aromatic heterocycles. The van der Waals surface area contributed by atoms with Crippen LogP contribution in [0.25, 0.3) is 0 Å². The summed E-state index contributed by atoms with van der Waals surface area (Å²) in [6.07, 6.45) is 9.39. The van der Waals surface area contributed by atoms with Gasteiger partial charge in [-0.3, -0.25) is 10.1 Å². The van der Waals surface area contributed by atoms with Crippen LogP contribution < -0.4 is 4.74 Å². The fourth-order valence-corrected chi connectivity index (χ4v) is 1.29.